The van der Waals surface area contributed by atoms with Gasteiger partial charge in [0.05, 0.1) is 23.1 Å². The van der Waals surface area contributed by atoms with Crippen LogP contribution < -0.4 is 0 Å². The Balaban J connectivity index is 0.000000439. The fraction of sp³-hybridized carbons (Fsp3) is 0.345. The molecule has 6 rings (SSSR count). The monoisotopic (exact) mass is 454 g/mol. The van der Waals surface area contributed by atoms with Gasteiger partial charge in [-0.2, -0.15) is 0 Å². The molecule has 2 aromatic heterocycles. The highest BCUT2D eigenvalue weighted by Crippen LogP contribution is 2.67. The van der Waals surface area contributed by atoms with E-state index in [2.05, 4.69) is 30.1 Å². The molecule has 1 saturated carbocycles. The van der Waals surface area contributed by atoms with Crippen LogP contribution in [0.3, 0.4) is 0 Å². The topological polar surface area (TPSA) is 83.3 Å². The number of aliphatic hydroxyl groups is 1. The number of hydrogen-bond donors (Lipinski definition) is 2. The van der Waals surface area contributed by atoms with Gasteiger partial charge in [0, 0.05) is 28.2 Å². The maximum Gasteiger partial charge on any atom is 0.307 e. The van der Waals surface area contributed by atoms with E-state index in [9.17, 15) is 9.90 Å². The number of aromatic nitrogens is 2. The second kappa shape index (κ2) is 7.88. The molecule has 2 aromatic carbocycles. The molecule has 5 heteroatoms. The Morgan fingerprint density at radius 1 is 1.03 bits per heavy atom. The fourth-order valence-electron chi connectivity index (χ4n) is 5.54. The first-order valence-electron chi connectivity index (χ1n) is 11.8. The van der Waals surface area contributed by atoms with Crippen molar-refractivity contribution in [3.05, 3.63) is 71.0 Å². The minimum absolute atomic E-state index is 0.0514. The normalized spacial score (nSPS) is 20.1. The summed E-state index contributed by atoms with van der Waals surface area (Å²) in [6.45, 7) is 9.45. The van der Waals surface area contributed by atoms with Crippen LogP contribution in [0.4, 0.5) is 0 Å². The number of pyridine rings is 2. The van der Waals surface area contributed by atoms with Crippen LogP contribution in [0.15, 0.2) is 48.7 Å². The van der Waals surface area contributed by atoms with Gasteiger partial charge in [0.25, 0.3) is 0 Å². The molecule has 2 aliphatic carbocycles. The van der Waals surface area contributed by atoms with Crippen molar-refractivity contribution in [3.8, 4) is 11.1 Å². The number of benzene rings is 2. The van der Waals surface area contributed by atoms with Crippen molar-refractivity contribution >= 4 is 27.8 Å². The van der Waals surface area contributed by atoms with Crippen LogP contribution in [0, 0.1) is 12.8 Å². The highest BCUT2D eigenvalue weighted by atomic mass is 16.4. The molecule has 34 heavy (non-hydrogen) atoms. The molecule has 0 spiro atoms. The maximum atomic E-state index is 11.7. The van der Waals surface area contributed by atoms with Gasteiger partial charge in [0.2, 0.25) is 0 Å². The van der Waals surface area contributed by atoms with E-state index in [-0.39, 0.29) is 6.42 Å². The second-order valence-corrected chi connectivity index (χ2v) is 10.5. The van der Waals surface area contributed by atoms with Gasteiger partial charge >= 0.3 is 5.97 Å². The van der Waals surface area contributed by atoms with Crippen molar-refractivity contribution in [1.82, 2.24) is 9.97 Å². The minimum Gasteiger partial charge on any atom is -0.481 e. The van der Waals surface area contributed by atoms with Gasteiger partial charge in [-0.3, -0.25) is 14.8 Å². The maximum absolute atomic E-state index is 11.7. The Hall–Kier alpha value is -3.31. The van der Waals surface area contributed by atoms with Gasteiger partial charge in [-0.15, -0.1) is 0 Å². The first-order valence-corrected chi connectivity index (χ1v) is 11.8. The minimum atomic E-state index is -0.847. The quantitative estimate of drug-likeness (QED) is 0.397. The van der Waals surface area contributed by atoms with Crippen molar-refractivity contribution in [1.29, 1.82) is 0 Å². The number of fused-ring (bicyclic) bond motifs is 4. The van der Waals surface area contributed by atoms with E-state index >= 15 is 0 Å². The van der Waals surface area contributed by atoms with E-state index in [0.29, 0.717) is 17.8 Å². The number of carboxylic acid groups (broad SMARTS) is 1. The number of aliphatic carboxylic acids is 1. The first kappa shape index (κ1) is 22.5. The van der Waals surface area contributed by atoms with Crippen LogP contribution in [-0.4, -0.2) is 31.8 Å². The molecule has 1 fully saturated rings. The zero-order valence-electron chi connectivity index (χ0n) is 20.3. The highest BCUT2D eigenvalue weighted by molar-refractivity contribution is 6.07. The summed E-state index contributed by atoms with van der Waals surface area (Å²) < 4.78 is 0. The van der Waals surface area contributed by atoms with Crippen LogP contribution in [0.2, 0.25) is 0 Å². The third-order valence-electron chi connectivity index (χ3n) is 6.85. The van der Waals surface area contributed by atoms with Gasteiger partial charge in [0.15, 0.2) is 0 Å². The lowest BCUT2D eigenvalue weighted by atomic mass is 9.89. The third kappa shape index (κ3) is 3.74. The van der Waals surface area contributed by atoms with E-state index in [1.165, 1.54) is 16.5 Å². The summed E-state index contributed by atoms with van der Waals surface area (Å²) in [5, 5.41) is 20.3. The molecule has 5 nitrogen and oxygen atoms in total. The van der Waals surface area contributed by atoms with Crippen LogP contribution in [-0.2, 0) is 11.2 Å². The number of carboxylic acids is 1. The zero-order chi connectivity index (χ0) is 24.4. The number of rotatable bonds is 3. The fourth-order valence-corrected chi connectivity index (χ4v) is 5.54. The molecular formula is C29H30N2O3. The third-order valence-corrected chi connectivity index (χ3v) is 6.85. The van der Waals surface area contributed by atoms with E-state index in [0.717, 1.165) is 38.8 Å². The van der Waals surface area contributed by atoms with E-state index in [1.54, 1.807) is 20.8 Å². The molecule has 174 valence electrons. The lowest BCUT2D eigenvalue weighted by Gasteiger charge is -2.17. The van der Waals surface area contributed by atoms with Gasteiger partial charge in [0.1, 0.15) is 0 Å². The van der Waals surface area contributed by atoms with Crippen molar-refractivity contribution in [3.63, 3.8) is 0 Å². The van der Waals surface area contributed by atoms with E-state index in [1.807, 2.05) is 37.4 Å². The molecule has 2 unspecified atom stereocenters. The molecule has 3 atom stereocenters. The van der Waals surface area contributed by atoms with Crippen LogP contribution in [0.25, 0.3) is 32.9 Å². The van der Waals surface area contributed by atoms with Gasteiger partial charge in [-0.25, -0.2) is 0 Å². The number of carbonyl (C=O) groups is 1. The number of hydrogen-bond acceptors (Lipinski definition) is 4. The molecular weight excluding hydrogens is 424 g/mol. The summed E-state index contributed by atoms with van der Waals surface area (Å²) in [7, 11) is 0. The Morgan fingerprint density at radius 2 is 1.68 bits per heavy atom. The Kier molecular flexibility index (Phi) is 5.21. The molecule has 0 amide bonds. The first-order chi connectivity index (χ1) is 16.1. The predicted molar refractivity (Wildman–Crippen MR) is 135 cm³/mol. The summed E-state index contributed by atoms with van der Waals surface area (Å²) in [5.74, 6) is 1.08. The summed E-state index contributed by atoms with van der Waals surface area (Å²) >= 11 is 0. The number of nitrogens with zero attached hydrogens (tertiary/aromatic N) is 2. The lowest BCUT2D eigenvalue weighted by molar-refractivity contribution is -0.136. The molecule has 0 radical (unpaired) electrons. The largest absolute Gasteiger partial charge is 0.481 e. The van der Waals surface area contributed by atoms with E-state index < -0.39 is 11.6 Å². The van der Waals surface area contributed by atoms with Crippen molar-refractivity contribution in [2.24, 2.45) is 5.92 Å². The molecule has 2 heterocycles. The summed E-state index contributed by atoms with van der Waals surface area (Å²) in [6, 6.07) is 14.5. The number of aryl methyl sites for hydroxylation is 1. The summed E-state index contributed by atoms with van der Waals surface area (Å²) in [4.78, 5) is 21.1. The van der Waals surface area contributed by atoms with Crippen molar-refractivity contribution < 1.29 is 15.0 Å². The van der Waals surface area contributed by atoms with Crippen LogP contribution in [0.1, 0.15) is 61.9 Å². The summed E-state index contributed by atoms with van der Waals surface area (Å²) in [6.07, 6.45) is 1.86. The Morgan fingerprint density at radius 3 is 2.35 bits per heavy atom. The molecule has 0 aliphatic heterocycles. The molecule has 0 saturated heterocycles. The molecule has 0 bridgehead atoms. The van der Waals surface area contributed by atoms with Crippen LogP contribution >= 0.6 is 0 Å². The van der Waals surface area contributed by atoms with Gasteiger partial charge in [-0.1, -0.05) is 37.3 Å². The molecule has 2 aliphatic rings. The lowest BCUT2D eigenvalue weighted by Crippen LogP contribution is -2.10. The standard InChI is InChI=1S/C25H20N2O2.C4H10O/c1-12-21-15-7-8-17(25-24(15)16(22(12)21)9-10-26-25)23-14-5-3-4-6-19(14)27-13(2)18(23)11-20(28)29;1-4(2,3)5/h3-10,12,21-22H,11H2,1-2H3,(H,28,29);5H,1-3H3/t12-,21?,22?;/m0./s1. The molecule has 2 N–H and O–H groups in total. The van der Waals surface area contributed by atoms with E-state index in [4.69, 9.17) is 10.1 Å². The zero-order valence-corrected chi connectivity index (χ0v) is 20.3. The number of para-hydroxylation sites is 1. The van der Waals surface area contributed by atoms with Crippen molar-refractivity contribution in [2.75, 3.05) is 0 Å². The van der Waals surface area contributed by atoms with Crippen LogP contribution in [0.5, 0.6) is 0 Å². The second-order valence-electron chi connectivity index (χ2n) is 10.5. The Bertz CT molecular complexity index is 1430. The molecule has 4 aromatic rings. The SMILES string of the molecule is CC(C)(C)O.Cc1nc2ccccc2c(-c2ccc3c4c(ccnc24)C2C3[C@@H]2C)c1CC(=O)O. The van der Waals surface area contributed by atoms with Crippen molar-refractivity contribution in [2.45, 2.75) is 58.5 Å². The summed E-state index contributed by atoms with van der Waals surface area (Å²) in [5.41, 5.74) is 7.68. The van der Waals surface area contributed by atoms with Gasteiger partial charge < -0.3 is 10.2 Å². The predicted octanol–water partition coefficient (Wildman–Crippen LogP) is 5.99. The van der Waals surface area contributed by atoms with Gasteiger partial charge in [-0.05, 0) is 79.8 Å². The smallest absolute Gasteiger partial charge is 0.307 e. The Labute approximate surface area is 199 Å². The average molecular weight is 455 g/mol. The highest BCUT2D eigenvalue weighted by Gasteiger charge is 2.54. The average Bonchev–Trinajstić information content (AvgIpc) is 3.28.